The summed E-state index contributed by atoms with van der Waals surface area (Å²) in [7, 11) is 0. The third-order valence-corrected chi connectivity index (χ3v) is 3.43. The molecule has 0 N–H and O–H groups in total. The van der Waals surface area contributed by atoms with Crippen molar-refractivity contribution < 1.29 is 4.79 Å². The maximum absolute atomic E-state index is 12.3. The van der Waals surface area contributed by atoms with Crippen LogP contribution in [0, 0.1) is 0 Å². The van der Waals surface area contributed by atoms with E-state index in [1.165, 1.54) is 0 Å². The third-order valence-electron chi connectivity index (χ3n) is 2.37. The molecule has 1 aromatic carbocycles. The number of rotatable bonds is 4. The molecule has 0 spiro atoms. The van der Waals surface area contributed by atoms with Gasteiger partial charge in [0.25, 0.3) is 5.91 Å². The topological polar surface area (TPSA) is 20.3 Å². The lowest BCUT2D eigenvalue weighted by Gasteiger charge is -2.26. The summed E-state index contributed by atoms with van der Waals surface area (Å²) in [5, 5.41) is 0.599. The molecule has 0 bridgehead atoms. The maximum Gasteiger partial charge on any atom is 0.255 e. The van der Waals surface area contributed by atoms with Crippen LogP contribution in [0.25, 0.3) is 0 Å². The first-order chi connectivity index (χ1) is 7.97. The number of benzene rings is 1. The van der Waals surface area contributed by atoms with Crippen LogP contribution in [-0.2, 0) is 0 Å². The highest BCUT2D eigenvalue weighted by molar-refractivity contribution is 9.10. The minimum absolute atomic E-state index is 0.0378. The number of alkyl halides is 1. The zero-order valence-electron chi connectivity index (χ0n) is 9.71. The van der Waals surface area contributed by atoms with E-state index in [0.717, 1.165) is 0 Å². The van der Waals surface area contributed by atoms with Crippen LogP contribution >= 0.6 is 39.1 Å². The van der Waals surface area contributed by atoms with Gasteiger partial charge in [0.1, 0.15) is 0 Å². The van der Waals surface area contributed by atoms with Crippen molar-refractivity contribution in [1.29, 1.82) is 0 Å². The third kappa shape index (κ3) is 3.87. The van der Waals surface area contributed by atoms with Gasteiger partial charge in [-0.3, -0.25) is 4.79 Å². The number of hydrogen-bond acceptors (Lipinski definition) is 1. The predicted octanol–water partition coefficient (Wildman–Crippen LogP) is 4.19. The quantitative estimate of drug-likeness (QED) is 0.754. The van der Waals surface area contributed by atoms with E-state index < -0.39 is 0 Å². The molecule has 1 rings (SSSR count). The van der Waals surface area contributed by atoms with Gasteiger partial charge in [0.15, 0.2) is 0 Å². The first-order valence-electron chi connectivity index (χ1n) is 5.29. The van der Waals surface area contributed by atoms with E-state index in [9.17, 15) is 4.79 Å². The summed E-state index contributed by atoms with van der Waals surface area (Å²) in [6, 6.07) is 5.26. The lowest BCUT2D eigenvalue weighted by molar-refractivity contribution is 0.0717. The number of hydrogen-bond donors (Lipinski definition) is 0. The molecule has 0 saturated carbocycles. The summed E-state index contributed by atoms with van der Waals surface area (Å²) in [4.78, 5) is 14.0. The number of halogens is 3. The highest BCUT2D eigenvalue weighted by Gasteiger charge is 2.20. The van der Waals surface area contributed by atoms with Crippen molar-refractivity contribution in [3.8, 4) is 0 Å². The van der Waals surface area contributed by atoms with Gasteiger partial charge in [0.05, 0.1) is 5.56 Å². The molecule has 1 aromatic rings. The minimum atomic E-state index is -0.0378. The lowest BCUT2D eigenvalue weighted by atomic mass is 10.1. The van der Waals surface area contributed by atoms with Crippen LogP contribution in [0.3, 0.4) is 0 Å². The van der Waals surface area contributed by atoms with Gasteiger partial charge >= 0.3 is 0 Å². The Morgan fingerprint density at radius 3 is 2.59 bits per heavy atom. The second kappa shape index (κ2) is 6.62. The van der Waals surface area contributed by atoms with Crippen molar-refractivity contribution >= 4 is 45.0 Å². The van der Waals surface area contributed by atoms with E-state index in [-0.39, 0.29) is 11.9 Å². The normalized spacial score (nSPS) is 10.7. The number of carbonyl (C=O) groups is 1. The molecule has 0 heterocycles. The fraction of sp³-hybridized carbons (Fsp3) is 0.417. The van der Waals surface area contributed by atoms with Gasteiger partial charge in [-0.25, -0.2) is 0 Å². The summed E-state index contributed by atoms with van der Waals surface area (Å²) in [5.41, 5.74) is 0.605. The van der Waals surface area contributed by atoms with Crippen molar-refractivity contribution in [1.82, 2.24) is 4.90 Å². The largest absolute Gasteiger partial charge is 0.335 e. The summed E-state index contributed by atoms with van der Waals surface area (Å²) >= 11 is 14.9. The highest BCUT2D eigenvalue weighted by atomic mass is 79.9. The van der Waals surface area contributed by atoms with E-state index in [1.807, 2.05) is 13.8 Å². The number of carbonyl (C=O) groups excluding carboxylic acids is 1. The minimum Gasteiger partial charge on any atom is -0.335 e. The van der Waals surface area contributed by atoms with Crippen molar-refractivity contribution in [2.75, 3.05) is 12.4 Å². The van der Waals surface area contributed by atoms with Gasteiger partial charge in [-0.1, -0.05) is 11.6 Å². The predicted molar refractivity (Wildman–Crippen MR) is 76.0 cm³/mol. The molecule has 0 fully saturated rings. The van der Waals surface area contributed by atoms with Gasteiger partial charge in [0.2, 0.25) is 0 Å². The summed E-state index contributed by atoms with van der Waals surface area (Å²) in [6.07, 6.45) is 0. The molecule has 0 aliphatic heterocycles. The van der Waals surface area contributed by atoms with Crippen molar-refractivity contribution in [2.45, 2.75) is 19.9 Å². The van der Waals surface area contributed by atoms with E-state index in [0.29, 0.717) is 27.5 Å². The molecule has 1 amide bonds. The highest BCUT2D eigenvalue weighted by Crippen LogP contribution is 2.23. The molecule has 94 valence electrons. The van der Waals surface area contributed by atoms with Crippen LogP contribution in [0.4, 0.5) is 0 Å². The van der Waals surface area contributed by atoms with Crippen LogP contribution in [0.15, 0.2) is 22.7 Å². The molecule has 0 aromatic heterocycles. The number of nitrogens with zero attached hydrogens (tertiary/aromatic N) is 1. The van der Waals surface area contributed by atoms with Crippen LogP contribution in [0.5, 0.6) is 0 Å². The van der Waals surface area contributed by atoms with Crippen LogP contribution < -0.4 is 0 Å². The zero-order valence-corrected chi connectivity index (χ0v) is 12.8. The van der Waals surface area contributed by atoms with Crippen molar-refractivity contribution in [3.63, 3.8) is 0 Å². The molecular formula is C12H14BrCl2NO. The smallest absolute Gasteiger partial charge is 0.255 e. The Labute approximate surface area is 120 Å². The Hall–Kier alpha value is -0.250. The van der Waals surface area contributed by atoms with E-state index in [1.54, 1.807) is 23.1 Å². The van der Waals surface area contributed by atoms with Gasteiger partial charge < -0.3 is 4.90 Å². The fourth-order valence-corrected chi connectivity index (χ4v) is 2.54. The summed E-state index contributed by atoms with van der Waals surface area (Å²) in [6.45, 7) is 4.47. The average molecular weight is 339 g/mol. The van der Waals surface area contributed by atoms with E-state index >= 15 is 0 Å². The standard InChI is InChI=1S/C12H14BrCl2NO/c1-8(2)16(6-5-14)12(17)10-4-3-9(15)7-11(10)13/h3-4,7-8H,5-6H2,1-2H3. The molecule has 5 heteroatoms. The Morgan fingerprint density at radius 1 is 1.47 bits per heavy atom. The molecule has 0 aliphatic carbocycles. The Balaban J connectivity index is 3.01. The van der Waals surface area contributed by atoms with Crippen LogP contribution in [0.2, 0.25) is 5.02 Å². The van der Waals surface area contributed by atoms with Gasteiger partial charge in [-0.15, -0.1) is 11.6 Å². The Bertz CT molecular complexity index is 409. The van der Waals surface area contributed by atoms with Gasteiger partial charge in [0, 0.05) is 28.0 Å². The molecule has 0 saturated heterocycles. The maximum atomic E-state index is 12.3. The van der Waals surface area contributed by atoms with Crippen LogP contribution in [0.1, 0.15) is 24.2 Å². The molecular weight excluding hydrogens is 325 g/mol. The second-order valence-corrected chi connectivity index (χ2v) is 5.57. The zero-order chi connectivity index (χ0) is 13.0. The monoisotopic (exact) mass is 337 g/mol. The number of amides is 1. The first-order valence-corrected chi connectivity index (χ1v) is 7.00. The van der Waals surface area contributed by atoms with E-state index in [2.05, 4.69) is 15.9 Å². The molecule has 0 atom stereocenters. The lowest BCUT2D eigenvalue weighted by Crippen LogP contribution is -2.38. The summed E-state index contributed by atoms with van der Waals surface area (Å²) in [5.74, 6) is 0.388. The molecule has 2 nitrogen and oxygen atoms in total. The Kier molecular flexibility index (Phi) is 5.77. The van der Waals surface area contributed by atoms with Crippen molar-refractivity contribution in [3.05, 3.63) is 33.3 Å². The average Bonchev–Trinajstić information content (AvgIpc) is 2.24. The molecule has 17 heavy (non-hydrogen) atoms. The van der Waals surface area contributed by atoms with Crippen molar-refractivity contribution in [2.24, 2.45) is 0 Å². The Morgan fingerprint density at radius 2 is 2.12 bits per heavy atom. The van der Waals surface area contributed by atoms with Gasteiger partial charge in [-0.2, -0.15) is 0 Å². The molecule has 0 aliphatic rings. The molecule has 0 radical (unpaired) electrons. The SMILES string of the molecule is CC(C)N(CCCl)C(=O)c1ccc(Cl)cc1Br. The second-order valence-electron chi connectivity index (χ2n) is 3.91. The first kappa shape index (κ1) is 14.8. The summed E-state index contributed by atoms with van der Waals surface area (Å²) < 4.78 is 0.704. The fourth-order valence-electron chi connectivity index (χ4n) is 1.50. The van der Waals surface area contributed by atoms with Crippen LogP contribution in [-0.4, -0.2) is 29.3 Å². The molecule has 0 unspecified atom stereocenters. The van der Waals surface area contributed by atoms with Gasteiger partial charge in [-0.05, 0) is 48.0 Å². The van der Waals surface area contributed by atoms with E-state index in [4.69, 9.17) is 23.2 Å².